The van der Waals surface area contributed by atoms with Gasteiger partial charge in [0.05, 0.1) is 12.6 Å². The van der Waals surface area contributed by atoms with E-state index in [1.54, 1.807) is 7.11 Å². The zero-order valence-corrected chi connectivity index (χ0v) is 10.3. The molecule has 0 saturated heterocycles. The van der Waals surface area contributed by atoms with Crippen LogP contribution in [0.2, 0.25) is 0 Å². The number of hydrogen-bond donors (Lipinski definition) is 1. The topological polar surface area (TPSA) is 39.1 Å². The van der Waals surface area contributed by atoms with E-state index in [4.69, 9.17) is 4.74 Å². The summed E-state index contributed by atoms with van der Waals surface area (Å²) < 4.78 is 7.38. The Balaban J connectivity index is 1.72. The van der Waals surface area contributed by atoms with Gasteiger partial charge in [-0.05, 0) is 12.5 Å². The normalized spacial score (nSPS) is 27.7. The molecule has 2 rings (SSSR count). The van der Waals surface area contributed by atoms with Crippen molar-refractivity contribution < 1.29 is 4.74 Å². The van der Waals surface area contributed by atoms with Crippen LogP contribution < -0.4 is 5.32 Å². The van der Waals surface area contributed by atoms with Gasteiger partial charge >= 0.3 is 0 Å². The first kappa shape index (κ1) is 11.6. The van der Waals surface area contributed by atoms with Crippen LogP contribution in [0.5, 0.6) is 0 Å². The molecule has 0 bridgehead atoms. The van der Waals surface area contributed by atoms with Crippen LogP contribution in [0.3, 0.4) is 0 Å². The van der Waals surface area contributed by atoms with Gasteiger partial charge in [0, 0.05) is 37.5 Å². The smallest absolute Gasteiger partial charge is 0.0652 e. The van der Waals surface area contributed by atoms with Gasteiger partial charge in [-0.3, -0.25) is 4.68 Å². The Morgan fingerprint density at radius 2 is 2.38 bits per heavy atom. The lowest BCUT2D eigenvalue weighted by molar-refractivity contribution is -0.0974. The lowest BCUT2D eigenvalue weighted by Gasteiger charge is -2.51. The van der Waals surface area contributed by atoms with E-state index in [2.05, 4.69) is 24.3 Å². The van der Waals surface area contributed by atoms with E-state index in [1.807, 2.05) is 23.1 Å². The molecule has 1 aliphatic carbocycles. The average Bonchev–Trinajstić information content (AvgIpc) is 2.75. The molecular formula is C12H21N3O. The van der Waals surface area contributed by atoms with Crippen LogP contribution in [0.15, 0.2) is 18.5 Å². The second-order valence-electron chi connectivity index (χ2n) is 5.06. The summed E-state index contributed by atoms with van der Waals surface area (Å²) in [4.78, 5) is 0. The standard InChI is InChI=1S/C12H21N3O/c1-12(2)10(9-11(12)16-3)13-6-8-15-7-4-5-14-15/h4-5,7,10-11,13H,6,8-9H2,1-3H3. The summed E-state index contributed by atoms with van der Waals surface area (Å²) in [6.07, 6.45) is 5.32. The highest BCUT2D eigenvalue weighted by Crippen LogP contribution is 2.42. The van der Waals surface area contributed by atoms with Crippen molar-refractivity contribution in [2.45, 2.75) is 39.0 Å². The number of methoxy groups -OCH3 is 1. The maximum Gasteiger partial charge on any atom is 0.0652 e. The highest BCUT2D eigenvalue weighted by molar-refractivity contribution is 5.02. The first-order valence-electron chi connectivity index (χ1n) is 5.88. The van der Waals surface area contributed by atoms with Crippen molar-refractivity contribution in [2.24, 2.45) is 5.41 Å². The Morgan fingerprint density at radius 1 is 1.56 bits per heavy atom. The maximum atomic E-state index is 5.43. The molecule has 1 aromatic heterocycles. The number of hydrogen-bond acceptors (Lipinski definition) is 3. The highest BCUT2D eigenvalue weighted by Gasteiger charge is 2.47. The van der Waals surface area contributed by atoms with Gasteiger partial charge in [-0.25, -0.2) is 0 Å². The predicted octanol–water partition coefficient (Wildman–Crippen LogP) is 1.29. The fourth-order valence-electron chi connectivity index (χ4n) is 2.42. The predicted molar refractivity (Wildman–Crippen MR) is 63.2 cm³/mol. The molecule has 90 valence electrons. The van der Waals surface area contributed by atoms with Gasteiger partial charge in [0.2, 0.25) is 0 Å². The first-order chi connectivity index (χ1) is 7.64. The molecule has 2 unspecified atom stereocenters. The third-order valence-electron chi connectivity index (χ3n) is 3.75. The van der Waals surface area contributed by atoms with E-state index < -0.39 is 0 Å². The van der Waals surface area contributed by atoms with Crippen molar-refractivity contribution in [2.75, 3.05) is 13.7 Å². The van der Waals surface area contributed by atoms with E-state index in [9.17, 15) is 0 Å². The lowest BCUT2D eigenvalue weighted by atomic mass is 9.64. The monoisotopic (exact) mass is 223 g/mol. The largest absolute Gasteiger partial charge is 0.381 e. The van der Waals surface area contributed by atoms with Crippen LogP contribution in [-0.4, -0.2) is 35.6 Å². The minimum atomic E-state index is 0.249. The van der Waals surface area contributed by atoms with Crippen molar-refractivity contribution in [1.82, 2.24) is 15.1 Å². The Hall–Kier alpha value is -0.870. The molecule has 1 saturated carbocycles. The van der Waals surface area contributed by atoms with Crippen LogP contribution in [0.4, 0.5) is 0 Å². The lowest BCUT2D eigenvalue weighted by Crippen LogP contribution is -2.61. The Morgan fingerprint density at radius 3 is 2.94 bits per heavy atom. The van der Waals surface area contributed by atoms with Crippen LogP contribution in [-0.2, 0) is 11.3 Å². The fourth-order valence-corrected chi connectivity index (χ4v) is 2.42. The summed E-state index contributed by atoms with van der Waals surface area (Å²) in [6.45, 7) is 6.41. The third kappa shape index (κ3) is 2.13. The number of nitrogens with zero attached hydrogens (tertiary/aromatic N) is 2. The Bertz CT molecular complexity index is 321. The van der Waals surface area contributed by atoms with Gasteiger partial charge < -0.3 is 10.1 Å². The average molecular weight is 223 g/mol. The molecule has 0 spiro atoms. The molecule has 16 heavy (non-hydrogen) atoms. The van der Waals surface area contributed by atoms with Crippen LogP contribution in [0.25, 0.3) is 0 Å². The molecule has 0 aromatic carbocycles. The Kier molecular flexibility index (Phi) is 3.30. The van der Waals surface area contributed by atoms with Crippen molar-refractivity contribution in [3.63, 3.8) is 0 Å². The van der Waals surface area contributed by atoms with E-state index in [0.717, 1.165) is 19.5 Å². The van der Waals surface area contributed by atoms with Crippen molar-refractivity contribution in [1.29, 1.82) is 0 Å². The van der Waals surface area contributed by atoms with E-state index in [0.29, 0.717) is 12.1 Å². The summed E-state index contributed by atoms with van der Waals surface area (Å²) in [7, 11) is 1.80. The second-order valence-corrected chi connectivity index (χ2v) is 5.06. The van der Waals surface area contributed by atoms with Gasteiger partial charge in [0.15, 0.2) is 0 Å². The quantitative estimate of drug-likeness (QED) is 0.817. The molecule has 1 fully saturated rings. The minimum Gasteiger partial charge on any atom is -0.381 e. The van der Waals surface area contributed by atoms with Gasteiger partial charge in [-0.2, -0.15) is 5.10 Å². The van der Waals surface area contributed by atoms with Gasteiger partial charge in [0.1, 0.15) is 0 Å². The van der Waals surface area contributed by atoms with Crippen molar-refractivity contribution in [3.8, 4) is 0 Å². The molecule has 1 aromatic rings. The number of rotatable bonds is 5. The van der Waals surface area contributed by atoms with Crippen LogP contribution in [0, 0.1) is 5.41 Å². The molecule has 0 radical (unpaired) electrons. The molecule has 4 heteroatoms. The SMILES string of the molecule is COC1CC(NCCn2cccn2)C1(C)C. The first-order valence-corrected chi connectivity index (χ1v) is 5.88. The maximum absolute atomic E-state index is 5.43. The minimum absolute atomic E-state index is 0.249. The number of ether oxygens (including phenoxy) is 1. The molecule has 0 amide bonds. The highest BCUT2D eigenvalue weighted by atomic mass is 16.5. The molecular weight excluding hydrogens is 202 g/mol. The van der Waals surface area contributed by atoms with Crippen molar-refractivity contribution in [3.05, 3.63) is 18.5 Å². The summed E-state index contributed by atoms with van der Waals surface area (Å²) in [5.41, 5.74) is 0.249. The second kappa shape index (κ2) is 4.55. The zero-order valence-electron chi connectivity index (χ0n) is 10.3. The van der Waals surface area contributed by atoms with Crippen LogP contribution in [0.1, 0.15) is 20.3 Å². The molecule has 2 atom stereocenters. The van der Waals surface area contributed by atoms with Gasteiger partial charge in [-0.1, -0.05) is 13.8 Å². The molecule has 1 heterocycles. The Labute approximate surface area is 97.0 Å². The van der Waals surface area contributed by atoms with E-state index in [1.165, 1.54) is 0 Å². The van der Waals surface area contributed by atoms with Crippen molar-refractivity contribution >= 4 is 0 Å². The number of nitrogens with one attached hydrogen (secondary N) is 1. The third-order valence-corrected chi connectivity index (χ3v) is 3.75. The number of aromatic nitrogens is 2. The van der Waals surface area contributed by atoms with E-state index >= 15 is 0 Å². The van der Waals surface area contributed by atoms with Gasteiger partial charge in [-0.15, -0.1) is 0 Å². The molecule has 0 aliphatic heterocycles. The molecule has 1 aliphatic rings. The molecule has 4 nitrogen and oxygen atoms in total. The van der Waals surface area contributed by atoms with Gasteiger partial charge in [0.25, 0.3) is 0 Å². The van der Waals surface area contributed by atoms with E-state index in [-0.39, 0.29) is 5.41 Å². The summed E-state index contributed by atoms with van der Waals surface area (Å²) in [6, 6.07) is 2.52. The van der Waals surface area contributed by atoms with Crippen LogP contribution >= 0.6 is 0 Å². The summed E-state index contributed by atoms with van der Waals surface area (Å²) in [5.74, 6) is 0. The molecule has 1 N–H and O–H groups in total. The summed E-state index contributed by atoms with van der Waals surface area (Å²) in [5, 5.41) is 7.75. The fraction of sp³-hybridized carbons (Fsp3) is 0.750. The zero-order chi connectivity index (χ0) is 11.6. The summed E-state index contributed by atoms with van der Waals surface area (Å²) >= 11 is 0.